The SMILES string of the molecule is [2H]C1=C([2H])[C@@]2(C)C(=C([2H])C1=O)CC[C@@H]1[C@@H]2[C@@H](O)C[C@@]2(C)[C@H]1C[C@H]1OC(CCC)O[C@]12C(=O)C([2H])([2H])O. The van der Waals surface area contributed by atoms with Gasteiger partial charge >= 0.3 is 0 Å². The van der Waals surface area contributed by atoms with Gasteiger partial charge in [0.1, 0.15) is 6.56 Å². The molecule has 1 heterocycles. The fraction of sp³-hybridized carbons (Fsp3) is 0.760. The highest BCUT2D eigenvalue weighted by Crippen LogP contribution is 2.69. The Morgan fingerprint density at radius 2 is 2.19 bits per heavy atom. The Morgan fingerprint density at radius 1 is 1.42 bits per heavy atom. The van der Waals surface area contributed by atoms with Crippen molar-refractivity contribution in [3.05, 3.63) is 23.7 Å². The average Bonchev–Trinajstić information content (AvgIpc) is 3.27. The number of hydrogen-bond acceptors (Lipinski definition) is 6. The Kier molecular flexibility index (Phi) is 3.72. The summed E-state index contributed by atoms with van der Waals surface area (Å²) in [7, 11) is 0. The van der Waals surface area contributed by atoms with E-state index in [1.54, 1.807) is 13.8 Å². The van der Waals surface area contributed by atoms with E-state index in [0.29, 0.717) is 31.3 Å². The molecular formula is C25H34O6. The third-order valence-electron chi connectivity index (χ3n) is 8.93. The number of fused-ring (bicyclic) bond motifs is 7. The molecular weight excluding hydrogens is 396 g/mol. The molecule has 0 aromatic rings. The van der Waals surface area contributed by atoms with Crippen LogP contribution in [0.2, 0.25) is 0 Å². The van der Waals surface area contributed by atoms with E-state index in [4.69, 9.17) is 16.3 Å². The molecule has 0 aromatic carbocycles. The van der Waals surface area contributed by atoms with Crippen LogP contribution in [-0.2, 0) is 19.1 Å². The number of allylic oxidation sites excluding steroid dienone is 4. The van der Waals surface area contributed by atoms with Gasteiger partial charge in [0.2, 0.25) is 0 Å². The van der Waals surface area contributed by atoms with Gasteiger partial charge in [-0.25, -0.2) is 0 Å². The molecule has 4 aliphatic carbocycles. The fourth-order valence-electron chi connectivity index (χ4n) is 7.70. The number of ether oxygens (including phenoxy) is 2. The molecule has 31 heavy (non-hydrogen) atoms. The zero-order chi connectivity index (χ0) is 26.6. The molecule has 5 aliphatic rings. The first-order chi connectivity index (χ1) is 16.7. The number of aliphatic hydroxyl groups excluding tert-OH is 1. The van der Waals surface area contributed by atoms with Crippen molar-refractivity contribution in [2.24, 2.45) is 28.6 Å². The van der Waals surface area contributed by atoms with Crippen LogP contribution in [0.15, 0.2) is 23.7 Å². The smallest absolute Gasteiger partial charge is 0.193 e. The van der Waals surface area contributed by atoms with Crippen LogP contribution in [0, 0.1) is 28.6 Å². The molecule has 1 unspecified atom stereocenters. The van der Waals surface area contributed by atoms with Crippen LogP contribution >= 0.6 is 0 Å². The lowest BCUT2D eigenvalue weighted by atomic mass is 9.46. The van der Waals surface area contributed by atoms with Gasteiger partial charge < -0.3 is 19.7 Å². The summed E-state index contributed by atoms with van der Waals surface area (Å²) >= 11 is 0. The lowest BCUT2D eigenvalue weighted by Crippen LogP contribution is -2.63. The van der Waals surface area contributed by atoms with Crippen molar-refractivity contribution in [2.45, 2.75) is 83.4 Å². The van der Waals surface area contributed by atoms with Crippen molar-refractivity contribution in [1.82, 2.24) is 0 Å². The van der Waals surface area contributed by atoms with Crippen LogP contribution in [0.4, 0.5) is 0 Å². The van der Waals surface area contributed by atoms with E-state index >= 15 is 0 Å². The molecule has 6 heteroatoms. The molecule has 170 valence electrons. The Bertz CT molecular complexity index is 1080. The van der Waals surface area contributed by atoms with Crippen LogP contribution in [-0.4, -0.2) is 52.4 Å². The predicted octanol–water partition coefficient (Wildman–Crippen LogP) is 2.72. The highest BCUT2D eigenvalue weighted by molar-refractivity contribution is 6.01. The second-order valence-corrected chi connectivity index (χ2v) is 10.3. The maximum atomic E-state index is 13.6. The number of hydrogen-bond donors (Lipinski definition) is 2. The molecule has 1 aliphatic heterocycles. The van der Waals surface area contributed by atoms with E-state index in [9.17, 15) is 19.8 Å². The normalized spacial score (nSPS) is 54.1. The molecule has 0 amide bonds. The third-order valence-corrected chi connectivity index (χ3v) is 8.93. The van der Waals surface area contributed by atoms with Gasteiger partial charge in [-0.3, -0.25) is 9.59 Å². The summed E-state index contributed by atoms with van der Waals surface area (Å²) < 4.78 is 53.4. The molecule has 0 bridgehead atoms. The van der Waals surface area contributed by atoms with Crippen LogP contribution in [0.1, 0.15) is 66.1 Å². The molecule has 0 aromatic heterocycles. The van der Waals surface area contributed by atoms with Gasteiger partial charge in [0, 0.05) is 16.7 Å². The summed E-state index contributed by atoms with van der Waals surface area (Å²) in [5, 5.41) is 21.9. The summed E-state index contributed by atoms with van der Waals surface area (Å²) in [6, 6.07) is -0.984. The van der Waals surface area contributed by atoms with Gasteiger partial charge in [0.15, 0.2) is 23.5 Å². The molecule has 4 fully saturated rings. The summed E-state index contributed by atoms with van der Waals surface area (Å²) in [5.41, 5.74) is -3.53. The van der Waals surface area contributed by atoms with Gasteiger partial charge in [-0.05, 0) is 56.0 Å². The zero-order valence-corrected chi connectivity index (χ0v) is 18.2. The molecule has 2 N–H and O–H groups in total. The lowest BCUT2D eigenvalue weighted by Gasteiger charge is -2.59. The molecule has 0 radical (unpaired) electrons. The molecule has 1 saturated heterocycles. The molecule has 9 atom stereocenters. The quantitative estimate of drug-likeness (QED) is 0.705. The summed E-state index contributed by atoms with van der Waals surface area (Å²) in [6.07, 6.45) is -0.129. The van der Waals surface area contributed by atoms with E-state index in [-0.39, 0.29) is 30.4 Å². The molecule has 5 rings (SSSR count). The molecule has 3 saturated carbocycles. The highest BCUT2D eigenvalue weighted by atomic mass is 16.7. The van der Waals surface area contributed by atoms with Crippen LogP contribution in [0.5, 0.6) is 0 Å². The monoisotopic (exact) mass is 435 g/mol. The van der Waals surface area contributed by atoms with E-state index in [0.717, 1.165) is 6.42 Å². The van der Waals surface area contributed by atoms with Crippen molar-refractivity contribution in [3.63, 3.8) is 0 Å². The van der Waals surface area contributed by atoms with Crippen LogP contribution < -0.4 is 0 Å². The zero-order valence-electron chi connectivity index (χ0n) is 23.2. The van der Waals surface area contributed by atoms with Gasteiger partial charge in [0.25, 0.3) is 0 Å². The van der Waals surface area contributed by atoms with Gasteiger partial charge in [-0.15, -0.1) is 0 Å². The first-order valence-electron chi connectivity index (χ1n) is 13.9. The number of rotatable bonds is 4. The second kappa shape index (κ2) is 7.08. The Labute approximate surface area is 190 Å². The lowest BCUT2D eigenvalue weighted by molar-refractivity contribution is -0.200. The van der Waals surface area contributed by atoms with Crippen molar-refractivity contribution < 1.29 is 36.1 Å². The molecule has 0 spiro atoms. The fourth-order valence-corrected chi connectivity index (χ4v) is 7.70. The number of carbonyl (C=O) groups excluding carboxylic acids is 2. The Hall–Kier alpha value is -1.34. The average molecular weight is 436 g/mol. The molecule has 6 nitrogen and oxygen atoms in total. The first kappa shape index (κ1) is 16.3. The van der Waals surface area contributed by atoms with Crippen molar-refractivity contribution in [3.8, 4) is 0 Å². The van der Waals surface area contributed by atoms with E-state index in [2.05, 4.69) is 0 Å². The third kappa shape index (κ3) is 2.65. The largest absolute Gasteiger partial charge is 0.393 e. The number of aliphatic hydroxyl groups is 2. The first-order valence-corrected chi connectivity index (χ1v) is 11.4. The Balaban J connectivity index is 1.62. The van der Waals surface area contributed by atoms with Crippen molar-refractivity contribution in [2.75, 3.05) is 6.56 Å². The summed E-state index contributed by atoms with van der Waals surface area (Å²) in [4.78, 5) is 26.0. The van der Waals surface area contributed by atoms with Gasteiger partial charge in [-0.1, -0.05) is 38.8 Å². The Morgan fingerprint density at radius 3 is 2.90 bits per heavy atom. The topological polar surface area (TPSA) is 93.1 Å². The van der Waals surface area contributed by atoms with E-state index in [1.165, 1.54) is 0 Å². The highest BCUT2D eigenvalue weighted by Gasteiger charge is 2.75. The maximum Gasteiger partial charge on any atom is 0.193 e. The van der Waals surface area contributed by atoms with E-state index < -0.39 is 65.0 Å². The summed E-state index contributed by atoms with van der Waals surface area (Å²) in [6.45, 7) is 2.32. The van der Waals surface area contributed by atoms with Crippen LogP contribution in [0.25, 0.3) is 0 Å². The maximum absolute atomic E-state index is 13.6. The number of ketones is 2. The predicted molar refractivity (Wildman–Crippen MR) is 113 cm³/mol. The van der Waals surface area contributed by atoms with Crippen molar-refractivity contribution in [1.29, 1.82) is 0 Å². The summed E-state index contributed by atoms with van der Waals surface area (Å²) in [5.74, 6) is -2.95. The minimum atomic E-state index is -3.15. The van der Waals surface area contributed by atoms with Gasteiger partial charge in [0.05, 0.1) is 19.1 Å². The van der Waals surface area contributed by atoms with E-state index in [1.807, 2.05) is 6.92 Å². The van der Waals surface area contributed by atoms with Crippen LogP contribution in [0.3, 0.4) is 0 Å². The van der Waals surface area contributed by atoms with Crippen molar-refractivity contribution >= 4 is 11.6 Å². The van der Waals surface area contributed by atoms with Gasteiger partial charge in [-0.2, -0.15) is 0 Å². The number of Topliss-reactive ketones (excluding diaryl/α,β-unsaturated/α-hetero) is 1. The second-order valence-electron chi connectivity index (χ2n) is 10.3. The standard InChI is InChI=1S/C25H34O6/c1-4-5-21-30-20-11-17-16-7-6-14-10-15(27)8-9-23(14,2)22(16)18(28)12-24(17,3)25(20,31-21)19(29)13-26/h8-10,16-18,20-22,26,28H,4-7,11-13H2,1-3H3/t16-,17-,18-,20+,21?,22+,23-,24-,25+/m0/s1/i8D,9D,10D,13D2. The minimum Gasteiger partial charge on any atom is -0.393 e. The number of carbonyl (C=O) groups is 2. The minimum absolute atomic E-state index is 0.0319.